The first-order valence-electron chi connectivity index (χ1n) is 7.34. The standard InChI is InChI=1S/C16H23N3O/c1-5-14(6-2)19-16(20)18(11-17-19)15-9-7-13(8-10-15)12(3)4/h7-12,14H,5-6H2,1-4H3. The van der Waals surface area contributed by atoms with Crippen molar-refractivity contribution in [3.63, 3.8) is 0 Å². The van der Waals surface area contributed by atoms with Crippen LogP contribution in [0.25, 0.3) is 5.69 Å². The molecule has 0 aliphatic heterocycles. The van der Waals surface area contributed by atoms with Crippen molar-refractivity contribution in [1.82, 2.24) is 14.3 Å². The van der Waals surface area contributed by atoms with Crippen LogP contribution in [0, 0.1) is 0 Å². The average molecular weight is 273 g/mol. The number of benzene rings is 1. The summed E-state index contributed by atoms with van der Waals surface area (Å²) in [6, 6.07) is 8.28. The van der Waals surface area contributed by atoms with E-state index >= 15 is 0 Å². The minimum Gasteiger partial charge on any atom is -0.250 e. The Bertz CT molecular complexity index is 603. The van der Waals surface area contributed by atoms with Gasteiger partial charge in [0, 0.05) is 0 Å². The Morgan fingerprint density at radius 2 is 1.70 bits per heavy atom. The average Bonchev–Trinajstić information content (AvgIpc) is 2.83. The monoisotopic (exact) mass is 273 g/mol. The first-order valence-corrected chi connectivity index (χ1v) is 7.34. The van der Waals surface area contributed by atoms with Crippen LogP contribution in [0.4, 0.5) is 0 Å². The second-order valence-corrected chi connectivity index (χ2v) is 5.44. The molecule has 108 valence electrons. The first kappa shape index (κ1) is 14.6. The highest BCUT2D eigenvalue weighted by Gasteiger charge is 2.13. The Labute approximate surface area is 120 Å². The van der Waals surface area contributed by atoms with E-state index in [1.54, 1.807) is 15.6 Å². The van der Waals surface area contributed by atoms with Crippen LogP contribution in [0.2, 0.25) is 0 Å². The molecule has 1 aromatic heterocycles. The van der Waals surface area contributed by atoms with Gasteiger partial charge in [-0.2, -0.15) is 5.10 Å². The van der Waals surface area contributed by atoms with Crippen LogP contribution in [0.1, 0.15) is 58.1 Å². The van der Waals surface area contributed by atoms with E-state index in [9.17, 15) is 4.79 Å². The van der Waals surface area contributed by atoms with Gasteiger partial charge in [-0.3, -0.25) is 0 Å². The third-order valence-corrected chi connectivity index (χ3v) is 3.82. The number of nitrogens with zero attached hydrogens (tertiary/aromatic N) is 3. The molecule has 0 atom stereocenters. The molecule has 1 heterocycles. The van der Waals surface area contributed by atoms with Crippen molar-refractivity contribution in [2.75, 3.05) is 0 Å². The van der Waals surface area contributed by atoms with Crippen LogP contribution < -0.4 is 5.69 Å². The molecular formula is C16H23N3O. The van der Waals surface area contributed by atoms with E-state index in [2.05, 4.69) is 44.9 Å². The maximum absolute atomic E-state index is 12.4. The van der Waals surface area contributed by atoms with Gasteiger partial charge >= 0.3 is 5.69 Å². The zero-order chi connectivity index (χ0) is 14.7. The Morgan fingerprint density at radius 1 is 1.10 bits per heavy atom. The summed E-state index contributed by atoms with van der Waals surface area (Å²) in [7, 11) is 0. The van der Waals surface area contributed by atoms with Crippen LogP contribution in [-0.4, -0.2) is 14.3 Å². The summed E-state index contributed by atoms with van der Waals surface area (Å²) >= 11 is 0. The second-order valence-electron chi connectivity index (χ2n) is 5.44. The number of aromatic nitrogens is 3. The lowest BCUT2D eigenvalue weighted by atomic mass is 10.0. The molecule has 0 saturated carbocycles. The molecule has 20 heavy (non-hydrogen) atoms. The molecule has 0 fully saturated rings. The SMILES string of the molecule is CCC(CC)n1ncn(-c2ccc(C(C)C)cc2)c1=O. The van der Waals surface area contributed by atoms with E-state index in [1.807, 2.05) is 12.1 Å². The van der Waals surface area contributed by atoms with E-state index in [-0.39, 0.29) is 11.7 Å². The maximum atomic E-state index is 12.4. The molecule has 2 rings (SSSR count). The quantitative estimate of drug-likeness (QED) is 0.836. The highest BCUT2D eigenvalue weighted by Crippen LogP contribution is 2.16. The summed E-state index contributed by atoms with van der Waals surface area (Å²) < 4.78 is 3.21. The van der Waals surface area contributed by atoms with Gasteiger partial charge in [-0.1, -0.05) is 39.8 Å². The maximum Gasteiger partial charge on any atom is 0.350 e. The molecule has 0 aliphatic carbocycles. The lowest BCUT2D eigenvalue weighted by Gasteiger charge is -2.10. The molecule has 0 amide bonds. The summed E-state index contributed by atoms with van der Waals surface area (Å²) in [5.41, 5.74) is 2.08. The zero-order valence-corrected chi connectivity index (χ0v) is 12.7. The van der Waals surface area contributed by atoms with Crippen molar-refractivity contribution in [1.29, 1.82) is 0 Å². The van der Waals surface area contributed by atoms with Gasteiger partial charge in [0.05, 0.1) is 11.7 Å². The van der Waals surface area contributed by atoms with E-state index in [1.165, 1.54) is 5.56 Å². The van der Waals surface area contributed by atoms with E-state index < -0.39 is 0 Å². The molecular weight excluding hydrogens is 250 g/mol. The Kier molecular flexibility index (Phi) is 4.42. The molecule has 0 unspecified atom stereocenters. The Morgan fingerprint density at radius 3 is 2.20 bits per heavy atom. The fourth-order valence-electron chi connectivity index (χ4n) is 2.40. The van der Waals surface area contributed by atoms with Crippen molar-refractivity contribution in [3.8, 4) is 5.69 Å². The third kappa shape index (κ3) is 2.69. The van der Waals surface area contributed by atoms with Crippen LogP contribution in [-0.2, 0) is 0 Å². The fraction of sp³-hybridized carbons (Fsp3) is 0.500. The predicted molar refractivity (Wildman–Crippen MR) is 81.5 cm³/mol. The summed E-state index contributed by atoms with van der Waals surface area (Å²) in [6.45, 7) is 8.48. The van der Waals surface area contributed by atoms with Gasteiger partial charge in [0.15, 0.2) is 0 Å². The normalized spacial score (nSPS) is 11.5. The molecule has 0 aliphatic rings. The van der Waals surface area contributed by atoms with E-state index in [0.29, 0.717) is 5.92 Å². The third-order valence-electron chi connectivity index (χ3n) is 3.82. The first-order chi connectivity index (χ1) is 9.58. The highest BCUT2D eigenvalue weighted by atomic mass is 16.2. The van der Waals surface area contributed by atoms with Gasteiger partial charge in [-0.05, 0) is 36.5 Å². The van der Waals surface area contributed by atoms with Crippen LogP contribution in [0.15, 0.2) is 35.4 Å². The second kappa shape index (κ2) is 6.07. The van der Waals surface area contributed by atoms with Gasteiger partial charge in [0.25, 0.3) is 0 Å². The van der Waals surface area contributed by atoms with E-state index in [4.69, 9.17) is 0 Å². The summed E-state index contributed by atoms with van der Waals surface area (Å²) in [4.78, 5) is 12.4. The van der Waals surface area contributed by atoms with Gasteiger partial charge in [0.1, 0.15) is 6.33 Å². The minimum absolute atomic E-state index is 0.0593. The lowest BCUT2D eigenvalue weighted by Crippen LogP contribution is -2.27. The Hall–Kier alpha value is -1.84. The van der Waals surface area contributed by atoms with Gasteiger partial charge in [0.2, 0.25) is 0 Å². The van der Waals surface area contributed by atoms with Crippen molar-refractivity contribution in [2.45, 2.75) is 52.5 Å². The lowest BCUT2D eigenvalue weighted by molar-refractivity contribution is 0.414. The molecule has 4 nitrogen and oxygen atoms in total. The number of hydrogen-bond donors (Lipinski definition) is 0. The summed E-state index contributed by atoms with van der Waals surface area (Å²) in [5.74, 6) is 0.494. The van der Waals surface area contributed by atoms with Gasteiger partial charge in [-0.25, -0.2) is 14.0 Å². The van der Waals surface area contributed by atoms with Crippen LogP contribution in [0.3, 0.4) is 0 Å². The predicted octanol–water partition coefficient (Wildman–Crippen LogP) is 3.52. The smallest absolute Gasteiger partial charge is 0.250 e. The fourth-order valence-corrected chi connectivity index (χ4v) is 2.40. The van der Waals surface area contributed by atoms with Crippen molar-refractivity contribution in [3.05, 3.63) is 46.6 Å². The number of hydrogen-bond acceptors (Lipinski definition) is 2. The molecule has 4 heteroatoms. The molecule has 0 radical (unpaired) electrons. The topological polar surface area (TPSA) is 39.8 Å². The van der Waals surface area contributed by atoms with Gasteiger partial charge < -0.3 is 0 Å². The van der Waals surface area contributed by atoms with Crippen LogP contribution >= 0.6 is 0 Å². The van der Waals surface area contributed by atoms with Crippen molar-refractivity contribution >= 4 is 0 Å². The largest absolute Gasteiger partial charge is 0.350 e. The summed E-state index contributed by atoms with van der Waals surface area (Å²) in [6.07, 6.45) is 3.45. The van der Waals surface area contributed by atoms with Crippen molar-refractivity contribution < 1.29 is 0 Å². The van der Waals surface area contributed by atoms with Crippen LogP contribution in [0.5, 0.6) is 0 Å². The highest BCUT2D eigenvalue weighted by molar-refractivity contribution is 5.35. The molecule has 1 aromatic carbocycles. The molecule has 2 aromatic rings. The summed E-state index contributed by atoms with van der Waals surface area (Å²) in [5, 5.41) is 4.26. The molecule has 0 bridgehead atoms. The number of rotatable bonds is 5. The minimum atomic E-state index is -0.0593. The van der Waals surface area contributed by atoms with Gasteiger partial charge in [-0.15, -0.1) is 0 Å². The molecule has 0 saturated heterocycles. The van der Waals surface area contributed by atoms with E-state index in [0.717, 1.165) is 18.5 Å². The molecule has 0 N–H and O–H groups in total. The van der Waals surface area contributed by atoms with Crippen molar-refractivity contribution in [2.24, 2.45) is 0 Å². The Balaban J connectivity index is 2.37. The molecule has 0 spiro atoms. The zero-order valence-electron chi connectivity index (χ0n) is 12.7.